The number of anilines is 1. The van der Waals surface area contributed by atoms with Crippen LogP contribution in [-0.4, -0.2) is 29.0 Å². The molecule has 0 aliphatic heterocycles. The van der Waals surface area contributed by atoms with E-state index in [1.54, 1.807) is 35.1 Å². The van der Waals surface area contributed by atoms with Crippen molar-refractivity contribution in [2.45, 2.75) is 12.8 Å². The Morgan fingerprint density at radius 1 is 1.24 bits per heavy atom. The quantitative estimate of drug-likeness (QED) is 0.618. The Balaban J connectivity index is 1.61. The second-order valence-electron chi connectivity index (χ2n) is 4.58. The van der Waals surface area contributed by atoms with Gasteiger partial charge in [-0.3, -0.25) is 9.48 Å². The maximum atomic E-state index is 11.6. The highest BCUT2D eigenvalue weighted by molar-refractivity contribution is 5.69. The summed E-state index contributed by atoms with van der Waals surface area (Å²) < 4.78 is 12.3. The van der Waals surface area contributed by atoms with Gasteiger partial charge in [-0.2, -0.15) is 5.10 Å². The van der Waals surface area contributed by atoms with E-state index in [1.807, 2.05) is 13.1 Å². The van der Waals surface area contributed by atoms with Crippen molar-refractivity contribution in [3.8, 4) is 5.75 Å². The number of nitrogen functional groups attached to an aromatic ring is 1. The smallest absolute Gasteiger partial charge is 0.309 e. The number of benzene rings is 1. The molecule has 1 aromatic carbocycles. The highest BCUT2D eigenvalue weighted by Gasteiger charge is 2.05. The maximum absolute atomic E-state index is 11.6. The van der Waals surface area contributed by atoms with E-state index < -0.39 is 0 Å². The van der Waals surface area contributed by atoms with Gasteiger partial charge >= 0.3 is 5.97 Å². The van der Waals surface area contributed by atoms with Crippen molar-refractivity contribution in [1.82, 2.24) is 9.78 Å². The largest absolute Gasteiger partial charge is 0.493 e. The van der Waals surface area contributed by atoms with Gasteiger partial charge in [-0.25, -0.2) is 0 Å². The number of aryl methyl sites for hydroxylation is 1. The van der Waals surface area contributed by atoms with Gasteiger partial charge in [0, 0.05) is 31.0 Å². The minimum Gasteiger partial charge on any atom is -0.493 e. The Morgan fingerprint density at radius 3 is 2.67 bits per heavy atom. The molecular weight excluding hydrogens is 270 g/mol. The van der Waals surface area contributed by atoms with Crippen molar-refractivity contribution in [2.24, 2.45) is 7.05 Å². The molecule has 1 aromatic heterocycles. The molecule has 21 heavy (non-hydrogen) atoms. The molecule has 1 heterocycles. The Kier molecular flexibility index (Phi) is 5.20. The number of hydrogen-bond acceptors (Lipinski definition) is 5. The highest BCUT2D eigenvalue weighted by Crippen LogP contribution is 2.13. The predicted octanol–water partition coefficient (Wildman–Crippen LogP) is 1.56. The third-order valence-electron chi connectivity index (χ3n) is 3.00. The summed E-state index contributed by atoms with van der Waals surface area (Å²) in [6, 6.07) is 8.94. The molecule has 0 unspecified atom stereocenters. The standard InChI is InChI=1S/C15H19N3O3/c1-18-13(6-9-17-18)7-10-21-15(19)8-11-20-14-4-2-12(16)3-5-14/h2-6,9H,7-8,10-11,16H2,1H3. The van der Waals surface area contributed by atoms with Crippen LogP contribution in [0.25, 0.3) is 0 Å². The fourth-order valence-corrected chi connectivity index (χ4v) is 1.80. The maximum Gasteiger partial charge on any atom is 0.309 e. The van der Waals surface area contributed by atoms with Crippen molar-refractivity contribution in [3.05, 3.63) is 42.2 Å². The van der Waals surface area contributed by atoms with E-state index in [9.17, 15) is 4.79 Å². The number of aromatic nitrogens is 2. The van der Waals surface area contributed by atoms with Crippen LogP contribution in [0, 0.1) is 0 Å². The summed E-state index contributed by atoms with van der Waals surface area (Å²) in [5, 5.41) is 4.05. The molecule has 0 bridgehead atoms. The highest BCUT2D eigenvalue weighted by atomic mass is 16.5. The summed E-state index contributed by atoms with van der Waals surface area (Å²) in [5.41, 5.74) is 7.28. The lowest BCUT2D eigenvalue weighted by Gasteiger charge is -2.07. The van der Waals surface area contributed by atoms with Gasteiger partial charge in [-0.05, 0) is 30.3 Å². The van der Waals surface area contributed by atoms with Crippen LogP contribution >= 0.6 is 0 Å². The van der Waals surface area contributed by atoms with Crippen LogP contribution < -0.4 is 10.5 Å². The van der Waals surface area contributed by atoms with Crippen LogP contribution in [-0.2, 0) is 23.0 Å². The monoisotopic (exact) mass is 289 g/mol. The van der Waals surface area contributed by atoms with Crippen LogP contribution in [0.15, 0.2) is 36.5 Å². The number of rotatable bonds is 7. The third-order valence-corrected chi connectivity index (χ3v) is 3.00. The normalized spacial score (nSPS) is 10.3. The first-order valence-electron chi connectivity index (χ1n) is 6.76. The molecule has 2 aromatic rings. The van der Waals surface area contributed by atoms with Crippen LogP contribution in [0.1, 0.15) is 12.1 Å². The van der Waals surface area contributed by atoms with Crippen LogP contribution in [0.2, 0.25) is 0 Å². The lowest BCUT2D eigenvalue weighted by Crippen LogP contribution is -2.12. The fraction of sp³-hybridized carbons (Fsp3) is 0.333. The molecule has 112 valence electrons. The summed E-state index contributed by atoms with van der Waals surface area (Å²) in [6.45, 7) is 0.634. The van der Waals surface area contributed by atoms with Crippen molar-refractivity contribution >= 4 is 11.7 Å². The SMILES string of the molecule is Cn1nccc1CCOC(=O)CCOc1ccc(N)cc1. The number of carbonyl (C=O) groups is 1. The zero-order valence-electron chi connectivity index (χ0n) is 12.0. The molecule has 0 amide bonds. The van der Waals surface area contributed by atoms with Gasteiger partial charge in [-0.15, -0.1) is 0 Å². The van der Waals surface area contributed by atoms with Gasteiger partial charge in [-0.1, -0.05) is 0 Å². The molecule has 0 radical (unpaired) electrons. The molecule has 0 aliphatic rings. The zero-order chi connectivity index (χ0) is 15.1. The molecule has 0 atom stereocenters. The molecule has 0 saturated heterocycles. The minimum absolute atomic E-state index is 0.218. The fourth-order valence-electron chi connectivity index (χ4n) is 1.80. The first-order valence-corrected chi connectivity index (χ1v) is 6.76. The average Bonchev–Trinajstić information content (AvgIpc) is 2.87. The average molecular weight is 289 g/mol. The third kappa shape index (κ3) is 4.83. The van der Waals surface area contributed by atoms with Crippen molar-refractivity contribution in [1.29, 1.82) is 0 Å². The minimum atomic E-state index is -0.271. The Hall–Kier alpha value is -2.50. The molecule has 0 saturated carbocycles. The second-order valence-corrected chi connectivity index (χ2v) is 4.58. The van der Waals surface area contributed by atoms with Gasteiger partial charge in [0.25, 0.3) is 0 Å². The molecule has 2 N–H and O–H groups in total. The van der Waals surface area contributed by atoms with Crippen LogP contribution in [0.5, 0.6) is 5.75 Å². The number of hydrogen-bond donors (Lipinski definition) is 1. The first kappa shape index (κ1) is 14.9. The van der Waals surface area contributed by atoms with E-state index >= 15 is 0 Å². The Morgan fingerprint density at radius 2 is 2.00 bits per heavy atom. The number of nitrogens with two attached hydrogens (primary N) is 1. The molecule has 0 fully saturated rings. The molecule has 0 spiro atoms. The van der Waals surface area contributed by atoms with E-state index in [0.29, 0.717) is 24.5 Å². The second kappa shape index (κ2) is 7.33. The van der Waals surface area contributed by atoms with Gasteiger partial charge in [0.05, 0.1) is 19.6 Å². The summed E-state index contributed by atoms with van der Waals surface area (Å²) in [4.78, 5) is 11.6. The molecule has 0 aliphatic carbocycles. The molecule has 2 rings (SSSR count). The first-order chi connectivity index (χ1) is 10.1. The van der Waals surface area contributed by atoms with Gasteiger partial charge in [0.15, 0.2) is 0 Å². The van der Waals surface area contributed by atoms with Crippen LogP contribution in [0.4, 0.5) is 5.69 Å². The Labute approximate surface area is 123 Å². The van der Waals surface area contributed by atoms with E-state index in [0.717, 1.165) is 5.69 Å². The zero-order valence-corrected chi connectivity index (χ0v) is 12.0. The van der Waals surface area contributed by atoms with Gasteiger partial charge in [0.1, 0.15) is 5.75 Å². The van der Waals surface area contributed by atoms with Crippen molar-refractivity contribution < 1.29 is 14.3 Å². The number of ether oxygens (including phenoxy) is 2. The van der Waals surface area contributed by atoms with E-state index in [4.69, 9.17) is 15.2 Å². The summed E-state index contributed by atoms with van der Waals surface area (Å²) in [5.74, 6) is 0.416. The van der Waals surface area contributed by atoms with Crippen molar-refractivity contribution in [2.75, 3.05) is 18.9 Å². The topological polar surface area (TPSA) is 79.4 Å². The van der Waals surface area contributed by atoms with Gasteiger partial charge < -0.3 is 15.2 Å². The number of nitrogens with zero attached hydrogens (tertiary/aromatic N) is 2. The predicted molar refractivity (Wildman–Crippen MR) is 78.8 cm³/mol. The lowest BCUT2D eigenvalue weighted by molar-refractivity contribution is -0.144. The molecule has 6 heteroatoms. The summed E-state index contributed by atoms with van der Waals surface area (Å²) in [6.07, 6.45) is 2.59. The molecular formula is C15H19N3O3. The lowest BCUT2D eigenvalue weighted by atomic mass is 10.3. The molecule has 6 nitrogen and oxygen atoms in total. The summed E-state index contributed by atoms with van der Waals surface area (Å²) >= 11 is 0. The number of carbonyl (C=O) groups excluding carboxylic acids is 1. The van der Waals surface area contributed by atoms with Crippen molar-refractivity contribution in [3.63, 3.8) is 0 Å². The van der Waals surface area contributed by atoms with Gasteiger partial charge in [0.2, 0.25) is 0 Å². The van der Waals surface area contributed by atoms with E-state index in [2.05, 4.69) is 5.10 Å². The van der Waals surface area contributed by atoms with E-state index in [-0.39, 0.29) is 19.0 Å². The summed E-state index contributed by atoms with van der Waals surface area (Å²) in [7, 11) is 1.86. The Bertz CT molecular complexity index is 578. The van der Waals surface area contributed by atoms with E-state index in [1.165, 1.54) is 0 Å². The number of esters is 1. The van der Waals surface area contributed by atoms with Crippen LogP contribution in [0.3, 0.4) is 0 Å².